The summed E-state index contributed by atoms with van der Waals surface area (Å²) in [6.07, 6.45) is 1.96. The molecule has 0 N–H and O–H groups in total. The van der Waals surface area contributed by atoms with Gasteiger partial charge in [-0.25, -0.2) is 4.98 Å². The average Bonchev–Trinajstić information content (AvgIpc) is 2.46. The summed E-state index contributed by atoms with van der Waals surface area (Å²) in [7, 11) is 1.67. The number of fused-ring (bicyclic) bond motifs is 1. The molecule has 4 heteroatoms. The van der Waals surface area contributed by atoms with Gasteiger partial charge in [0.1, 0.15) is 0 Å². The zero-order chi connectivity index (χ0) is 9.26. The number of imidazole rings is 1. The normalized spacial score (nSPS) is 10.9. The van der Waals surface area contributed by atoms with Gasteiger partial charge in [-0.3, -0.25) is 4.40 Å². The van der Waals surface area contributed by atoms with Crippen LogP contribution < -0.4 is 0 Å². The van der Waals surface area contributed by atoms with Gasteiger partial charge in [-0.1, -0.05) is 6.07 Å². The Balaban J connectivity index is 2.63. The monoisotopic (exact) mass is 240 g/mol. The maximum absolute atomic E-state index is 5.05. The van der Waals surface area contributed by atoms with Crippen LogP contribution in [0.4, 0.5) is 0 Å². The van der Waals surface area contributed by atoms with E-state index in [1.165, 1.54) is 0 Å². The van der Waals surface area contributed by atoms with Gasteiger partial charge in [0.25, 0.3) is 0 Å². The van der Waals surface area contributed by atoms with Crippen LogP contribution in [0.2, 0.25) is 0 Å². The van der Waals surface area contributed by atoms with Gasteiger partial charge in [-0.15, -0.1) is 0 Å². The van der Waals surface area contributed by atoms with Gasteiger partial charge >= 0.3 is 0 Å². The summed E-state index contributed by atoms with van der Waals surface area (Å²) >= 11 is 3.38. The lowest BCUT2D eigenvalue weighted by Gasteiger charge is -1.95. The van der Waals surface area contributed by atoms with Gasteiger partial charge in [-0.2, -0.15) is 0 Å². The molecule has 2 aromatic heterocycles. The van der Waals surface area contributed by atoms with E-state index < -0.39 is 0 Å². The van der Waals surface area contributed by atoms with Crippen molar-refractivity contribution in [3.63, 3.8) is 0 Å². The highest BCUT2D eigenvalue weighted by atomic mass is 79.9. The van der Waals surface area contributed by atoms with E-state index in [0.717, 1.165) is 15.9 Å². The van der Waals surface area contributed by atoms with Crippen LogP contribution in [0.1, 0.15) is 5.69 Å². The fourth-order valence-corrected chi connectivity index (χ4v) is 1.83. The number of hydrogen-bond donors (Lipinski definition) is 0. The molecular weight excluding hydrogens is 232 g/mol. The second-order valence-electron chi connectivity index (χ2n) is 2.72. The largest absolute Gasteiger partial charge is 0.378 e. The molecule has 2 aromatic rings. The van der Waals surface area contributed by atoms with Crippen LogP contribution in [0.15, 0.2) is 29.1 Å². The molecule has 0 aliphatic carbocycles. The first-order valence-electron chi connectivity index (χ1n) is 3.93. The lowest BCUT2D eigenvalue weighted by Crippen LogP contribution is -1.88. The van der Waals surface area contributed by atoms with Crippen molar-refractivity contribution in [1.29, 1.82) is 0 Å². The number of nitrogens with zero attached hydrogens (tertiary/aromatic N) is 2. The quantitative estimate of drug-likeness (QED) is 0.806. The summed E-state index contributed by atoms with van der Waals surface area (Å²) < 4.78 is 7.85. The minimum Gasteiger partial charge on any atom is -0.378 e. The SMILES string of the molecule is COCc1nc(Br)n2ccccc12. The molecule has 0 aliphatic rings. The van der Waals surface area contributed by atoms with Gasteiger partial charge in [0, 0.05) is 13.3 Å². The fourth-order valence-electron chi connectivity index (χ4n) is 1.30. The molecule has 0 fully saturated rings. The van der Waals surface area contributed by atoms with Gasteiger partial charge < -0.3 is 4.74 Å². The minimum absolute atomic E-state index is 0.541. The van der Waals surface area contributed by atoms with Crippen molar-refractivity contribution in [2.24, 2.45) is 0 Å². The third-order valence-corrected chi connectivity index (χ3v) is 2.42. The minimum atomic E-state index is 0.541. The van der Waals surface area contributed by atoms with Crippen molar-refractivity contribution in [3.8, 4) is 0 Å². The lowest BCUT2D eigenvalue weighted by molar-refractivity contribution is 0.183. The first kappa shape index (κ1) is 8.72. The lowest BCUT2D eigenvalue weighted by atomic mass is 10.3. The van der Waals surface area contributed by atoms with Crippen LogP contribution in [-0.2, 0) is 11.3 Å². The van der Waals surface area contributed by atoms with Crippen LogP contribution in [0.3, 0.4) is 0 Å². The predicted octanol–water partition coefficient (Wildman–Crippen LogP) is 2.24. The van der Waals surface area contributed by atoms with Crippen molar-refractivity contribution in [3.05, 3.63) is 34.8 Å². The summed E-state index contributed by atoms with van der Waals surface area (Å²) in [6, 6.07) is 5.98. The molecule has 0 bridgehead atoms. The zero-order valence-electron chi connectivity index (χ0n) is 7.20. The molecule has 2 rings (SSSR count). The van der Waals surface area contributed by atoms with Crippen molar-refractivity contribution >= 4 is 21.4 Å². The highest BCUT2D eigenvalue weighted by molar-refractivity contribution is 9.10. The molecule has 0 amide bonds. The van der Waals surface area contributed by atoms with E-state index in [2.05, 4.69) is 20.9 Å². The smallest absolute Gasteiger partial charge is 0.182 e. The predicted molar refractivity (Wildman–Crippen MR) is 53.6 cm³/mol. The summed E-state index contributed by atoms with van der Waals surface area (Å²) in [4.78, 5) is 4.33. The standard InChI is InChI=1S/C9H9BrN2O/c1-13-6-7-8-4-2-3-5-12(8)9(10)11-7/h2-5H,6H2,1H3. The maximum Gasteiger partial charge on any atom is 0.182 e. The Kier molecular flexibility index (Phi) is 2.33. The van der Waals surface area contributed by atoms with E-state index in [1.807, 2.05) is 28.8 Å². The summed E-state index contributed by atoms with van der Waals surface area (Å²) in [5, 5.41) is 0. The Hall–Kier alpha value is -0.870. The molecule has 0 saturated carbocycles. The van der Waals surface area contributed by atoms with Gasteiger partial charge in [0.2, 0.25) is 0 Å². The molecule has 0 atom stereocenters. The molecule has 3 nitrogen and oxygen atoms in total. The van der Waals surface area contributed by atoms with Crippen molar-refractivity contribution < 1.29 is 4.74 Å². The van der Waals surface area contributed by atoms with Gasteiger partial charge in [-0.05, 0) is 28.1 Å². The molecule has 0 radical (unpaired) electrons. The van der Waals surface area contributed by atoms with Crippen LogP contribution in [0.25, 0.3) is 5.52 Å². The number of halogens is 1. The molecule has 0 spiro atoms. The molecule has 13 heavy (non-hydrogen) atoms. The van der Waals surface area contributed by atoms with Gasteiger partial charge in [0.05, 0.1) is 17.8 Å². The van der Waals surface area contributed by atoms with Crippen molar-refractivity contribution in [1.82, 2.24) is 9.38 Å². The first-order chi connectivity index (χ1) is 6.33. The molecule has 0 saturated heterocycles. The molecular formula is C9H9BrN2O. The number of hydrogen-bond acceptors (Lipinski definition) is 2. The Labute approximate surface area is 84.5 Å². The second-order valence-corrected chi connectivity index (χ2v) is 3.43. The Morgan fingerprint density at radius 3 is 3.15 bits per heavy atom. The number of aromatic nitrogens is 2. The fraction of sp³-hybridized carbons (Fsp3) is 0.222. The van der Waals surface area contributed by atoms with Crippen LogP contribution >= 0.6 is 15.9 Å². The average molecular weight is 241 g/mol. The molecule has 68 valence electrons. The van der Waals surface area contributed by atoms with E-state index in [1.54, 1.807) is 7.11 Å². The van der Waals surface area contributed by atoms with Crippen LogP contribution in [0.5, 0.6) is 0 Å². The van der Waals surface area contributed by atoms with E-state index in [9.17, 15) is 0 Å². The summed E-state index contributed by atoms with van der Waals surface area (Å²) in [5.41, 5.74) is 2.03. The van der Waals surface area contributed by atoms with Crippen molar-refractivity contribution in [2.45, 2.75) is 6.61 Å². The van der Waals surface area contributed by atoms with Crippen LogP contribution in [0, 0.1) is 0 Å². The molecule has 0 aliphatic heterocycles. The Morgan fingerprint density at radius 1 is 1.54 bits per heavy atom. The number of ether oxygens (including phenoxy) is 1. The Morgan fingerprint density at radius 2 is 2.38 bits per heavy atom. The maximum atomic E-state index is 5.05. The Bertz CT molecular complexity index is 424. The zero-order valence-corrected chi connectivity index (χ0v) is 8.78. The highest BCUT2D eigenvalue weighted by Crippen LogP contribution is 2.17. The number of pyridine rings is 1. The molecule has 2 heterocycles. The van der Waals surface area contributed by atoms with Gasteiger partial charge in [0.15, 0.2) is 4.73 Å². The van der Waals surface area contributed by atoms with Crippen LogP contribution in [-0.4, -0.2) is 16.5 Å². The van der Waals surface area contributed by atoms with E-state index in [4.69, 9.17) is 4.74 Å². The summed E-state index contributed by atoms with van der Waals surface area (Å²) in [6.45, 7) is 0.541. The number of methoxy groups -OCH3 is 1. The number of rotatable bonds is 2. The van der Waals surface area contributed by atoms with E-state index in [0.29, 0.717) is 6.61 Å². The molecule has 0 unspecified atom stereocenters. The first-order valence-corrected chi connectivity index (χ1v) is 4.72. The summed E-state index contributed by atoms with van der Waals surface area (Å²) in [5.74, 6) is 0. The second kappa shape index (κ2) is 3.47. The van der Waals surface area contributed by atoms with Crippen molar-refractivity contribution in [2.75, 3.05) is 7.11 Å². The topological polar surface area (TPSA) is 26.5 Å². The van der Waals surface area contributed by atoms with E-state index >= 15 is 0 Å². The third kappa shape index (κ3) is 1.47. The molecule has 0 aromatic carbocycles. The van der Waals surface area contributed by atoms with E-state index in [-0.39, 0.29) is 0 Å². The highest BCUT2D eigenvalue weighted by Gasteiger charge is 2.06. The third-order valence-electron chi connectivity index (χ3n) is 1.86.